The molecular weight excluding hydrogens is 417 g/mol. The number of anilines is 2. The summed E-state index contributed by atoms with van der Waals surface area (Å²) < 4.78 is 68.0. The predicted molar refractivity (Wildman–Crippen MR) is 108 cm³/mol. The topological polar surface area (TPSA) is 75.2 Å². The number of piperidine rings is 1. The average molecular weight is 436 g/mol. The Morgan fingerprint density at radius 2 is 1.60 bits per heavy atom. The number of rotatable bonds is 4. The molecule has 0 radical (unpaired) electrons. The van der Waals surface area contributed by atoms with Crippen LogP contribution in [0.1, 0.15) is 12.8 Å². The van der Waals surface area contributed by atoms with Crippen molar-refractivity contribution in [3.05, 3.63) is 54.6 Å². The van der Waals surface area contributed by atoms with E-state index in [9.17, 15) is 21.6 Å². The summed E-state index contributed by atoms with van der Waals surface area (Å²) >= 11 is 0. The Hall–Kier alpha value is -2.88. The number of fused-ring (bicyclic) bond motifs is 1. The molecule has 1 atom stereocenters. The van der Waals surface area contributed by atoms with Gasteiger partial charge in [0.1, 0.15) is 0 Å². The van der Waals surface area contributed by atoms with Gasteiger partial charge in [0.15, 0.2) is 11.6 Å². The third-order valence-corrected chi connectivity index (χ3v) is 6.38. The number of para-hydroxylation sites is 2. The number of hydrogen-bond donors (Lipinski definition) is 1. The SMILES string of the molecule is O=S(=O)(Nc1nc2ccccc2nc1N1CCCC(C(F)(F)F)C1)c1ccccc1. The van der Waals surface area contributed by atoms with Gasteiger partial charge >= 0.3 is 6.18 Å². The molecule has 1 N–H and O–H groups in total. The smallest absolute Gasteiger partial charge is 0.353 e. The van der Waals surface area contributed by atoms with Crippen LogP contribution in [0, 0.1) is 5.92 Å². The minimum absolute atomic E-state index is 0.0257. The number of alkyl halides is 3. The molecule has 1 aliphatic heterocycles. The predicted octanol–water partition coefficient (Wildman–Crippen LogP) is 4.21. The highest BCUT2D eigenvalue weighted by Gasteiger charge is 2.42. The molecule has 1 fully saturated rings. The number of sulfonamides is 1. The normalized spacial score (nSPS) is 17.8. The first-order valence-corrected chi connectivity index (χ1v) is 10.9. The Morgan fingerprint density at radius 3 is 2.27 bits per heavy atom. The molecule has 2 aromatic carbocycles. The van der Waals surface area contributed by atoms with Crippen LogP contribution < -0.4 is 9.62 Å². The molecule has 1 aliphatic rings. The molecule has 0 spiro atoms. The zero-order valence-electron chi connectivity index (χ0n) is 15.8. The molecule has 1 saturated heterocycles. The molecule has 1 unspecified atom stereocenters. The molecule has 0 bridgehead atoms. The second kappa shape index (κ2) is 7.75. The average Bonchev–Trinajstić information content (AvgIpc) is 2.73. The van der Waals surface area contributed by atoms with E-state index in [-0.39, 0.29) is 29.5 Å². The van der Waals surface area contributed by atoms with Gasteiger partial charge in [0.25, 0.3) is 10.0 Å². The van der Waals surface area contributed by atoms with Gasteiger partial charge in [-0.2, -0.15) is 13.2 Å². The van der Waals surface area contributed by atoms with Gasteiger partial charge in [0.2, 0.25) is 0 Å². The molecule has 30 heavy (non-hydrogen) atoms. The minimum atomic E-state index is -4.33. The highest BCUT2D eigenvalue weighted by atomic mass is 32.2. The van der Waals surface area contributed by atoms with E-state index in [2.05, 4.69) is 14.7 Å². The van der Waals surface area contributed by atoms with Gasteiger partial charge in [0.05, 0.1) is 21.8 Å². The second-order valence-corrected chi connectivity index (χ2v) is 8.81. The summed E-state index contributed by atoms with van der Waals surface area (Å²) in [5.41, 5.74) is 0.917. The quantitative estimate of drug-likeness (QED) is 0.663. The van der Waals surface area contributed by atoms with Crippen LogP contribution in [0.2, 0.25) is 0 Å². The molecule has 6 nitrogen and oxygen atoms in total. The molecule has 10 heteroatoms. The van der Waals surface area contributed by atoms with E-state index >= 15 is 0 Å². The van der Waals surface area contributed by atoms with Crippen LogP contribution in [0.15, 0.2) is 59.5 Å². The molecule has 0 saturated carbocycles. The first-order valence-electron chi connectivity index (χ1n) is 9.40. The molecular formula is C20H19F3N4O2S. The van der Waals surface area contributed by atoms with Crippen molar-refractivity contribution in [2.24, 2.45) is 5.92 Å². The lowest BCUT2D eigenvalue weighted by molar-refractivity contribution is -0.176. The maximum atomic E-state index is 13.3. The van der Waals surface area contributed by atoms with Crippen molar-refractivity contribution in [1.82, 2.24) is 9.97 Å². The molecule has 3 aromatic rings. The van der Waals surface area contributed by atoms with Crippen molar-refractivity contribution in [3.8, 4) is 0 Å². The van der Waals surface area contributed by atoms with Gasteiger partial charge in [0, 0.05) is 13.1 Å². The zero-order chi connectivity index (χ0) is 21.4. The number of halogens is 3. The first kappa shape index (κ1) is 20.4. The number of nitrogens with zero attached hydrogens (tertiary/aromatic N) is 3. The molecule has 0 amide bonds. The van der Waals surface area contributed by atoms with E-state index < -0.39 is 22.1 Å². The monoisotopic (exact) mass is 436 g/mol. The lowest BCUT2D eigenvalue weighted by Gasteiger charge is -2.35. The van der Waals surface area contributed by atoms with E-state index in [4.69, 9.17) is 0 Å². The van der Waals surface area contributed by atoms with Crippen LogP contribution in [-0.2, 0) is 10.0 Å². The second-order valence-electron chi connectivity index (χ2n) is 7.13. The fourth-order valence-electron chi connectivity index (χ4n) is 3.50. The third-order valence-electron chi connectivity index (χ3n) is 5.02. The summed E-state index contributed by atoms with van der Waals surface area (Å²) in [5.74, 6) is -1.49. The third kappa shape index (κ3) is 4.18. The van der Waals surface area contributed by atoms with Crippen LogP contribution in [0.4, 0.5) is 24.8 Å². The van der Waals surface area contributed by atoms with Crippen molar-refractivity contribution in [1.29, 1.82) is 0 Å². The van der Waals surface area contributed by atoms with Crippen molar-refractivity contribution >= 4 is 32.7 Å². The zero-order valence-corrected chi connectivity index (χ0v) is 16.6. The maximum absolute atomic E-state index is 13.3. The summed E-state index contributed by atoms with van der Waals surface area (Å²) in [4.78, 5) is 10.3. The van der Waals surface area contributed by atoms with Gasteiger partial charge in [-0.3, -0.25) is 4.72 Å². The van der Waals surface area contributed by atoms with Crippen LogP contribution in [0.3, 0.4) is 0 Å². The Balaban J connectivity index is 1.77. The molecule has 4 rings (SSSR count). The molecule has 1 aromatic heterocycles. The summed E-state index contributed by atoms with van der Waals surface area (Å²) in [6, 6.07) is 14.5. The lowest BCUT2D eigenvalue weighted by atomic mass is 9.97. The fraction of sp³-hybridized carbons (Fsp3) is 0.300. The van der Waals surface area contributed by atoms with E-state index in [0.29, 0.717) is 24.0 Å². The van der Waals surface area contributed by atoms with Gasteiger partial charge in [-0.1, -0.05) is 30.3 Å². The fourth-order valence-corrected chi connectivity index (χ4v) is 4.53. The lowest BCUT2D eigenvalue weighted by Crippen LogP contribution is -2.42. The molecule has 2 heterocycles. The summed E-state index contributed by atoms with van der Waals surface area (Å²) in [7, 11) is -3.99. The van der Waals surface area contributed by atoms with Crippen molar-refractivity contribution < 1.29 is 21.6 Å². The standard InChI is InChI=1S/C20H19F3N4O2S/c21-20(22,23)14-7-6-12-27(13-14)19-18(24-16-10-4-5-11-17(16)25-19)26-30(28,29)15-8-2-1-3-9-15/h1-5,8-11,14H,6-7,12-13H2,(H,24,26). The van der Waals surface area contributed by atoms with Crippen LogP contribution in [0.5, 0.6) is 0 Å². The number of nitrogens with one attached hydrogen (secondary N) is 1. The van der Waals surface area contributed by atoms with Crippen molar-refractivity contribution in [2.45, 2.75) is 23.9 Å². The highest BCUT2D eigenvalue weighted by Crippen LogP contribution is 2.36. The highest BCUT2D eigenvalue weighted by molar-refractivity contribution is 7.92. The Morgan fingerprint density at radius 1 is 0.967 bits per heavy atom. The maximum Gasteiger partial charge on any atom is 0.393 e. The van der Waals surface area contributed by atoms with Gasteiger partial charge < -0.3 is 4.90 Å². The van der Waals surface area contributed by atoms with Gasteiger partial charge in [-0.05, 0) is 37.1 Å². The number of benzene rings is 2. The summed E-state index contributed by atoms with van der Waals surface area (Å²) in [6.45, 7) is 0.0379. The van der Waals surface area contributed by atoms with Crippen LogP contribution in [-0.4, -0.2) is 37.7 Å². The molecule has 0 aliphatic carbocycles. The van der Waals surface area contributed by atoms with E-state index in [1.165, 1.54) is 17.0 Å². The van der Waals surface area contributed by atoms with Crippen molar-refractivity contribution in [3.63, 3.8) is 0 Å². The Bertz CT molecular complexity index is 1150. The Labute approximate surface area is 171 Å². The number of hydrogen-bond acceptors (Lipinski definition) is 5. The molecule has 158 valence electrons. The Kier molecular flexibility index (Phi) is 5.27. The largest absolute Gasteiger partial charge is 0.393 e. The van der Waals surface area contributed by atoms with Crippen LogP contribution in [0.25, 0.3) is 11.0 Å². The van der Waals surface area contributed by atoms with E-state index in [1.54, 1.807) is 42.5 Å². The van der Waals surface area contributed by atoms with Gasteiger partial charge in [-0.15, -0.1) is 0 Å². The van der Waals surface area contributed by atoms with Crippen LogP contribution >= 0.6 is 0 Å². The van der Waals surface area contributed by atoms with E-state index in [1.807, 2.05) is 0 Å². The summed E-state index contributed by atoms with van der Waals surface area (Å²) in [6.07, 6.45) is -3.97. The first-order chi connectivity index (χ1) is 14.2. The summed E-state index contributed by atoms with van der Waals surface area (Å²) in [5, 5.41) is 0. The number of aromatic nitrogens is 2. The minimum Gasteiger partial charge on any atom is -0.353 e. The van der Waals surface area contributed by atoms with Crippen molar-refractivity contribution in [2.75, 3.05) is 22.7 Å². The van der Waals surface area contributed by atoms with Gasteiger partial charge in [-0.25, -0.2) is 18.4 Å². The van der Waals surface area contributed by atoms with E-state index in [0.717, 1.165) is 0 Å².